The van der Waals surface area contributed by atoms with Crippen molar-refractivity contribution in [2.45, 2.75) is 26.3 Å². The van der Waals surface area contributed by atoms with Gasteiger partial charge >= 0.3 is 0 Å². The van der Waals surface area contributed by atoms with Crippen molar-refractivity contribution in [3.8, 4) is 11.5 Å². The molecule has 0 aliphatic heterocycles. The lowest BCUT2D eigenvalue weighted by Gasteiger charge is -2.08. The fourth-order valence-corrected chi connectivity index (χ4v) is 2.11. The Morgan fingerprint density at radius 1 is 1.26 bits per heavy atom. The summed E-state index contributed by atoms with van der Waals surface area (Å²) in [5.41, 5.74) is 1.43. The number of amides is 1. The van der Waals surface area contributed by atoms with Crippen LogP contribution in [0.5, 0.6) is 0 Å². The van der Waals surface area contributed by atoms with Gasteiger partial charge in [0.25, 0.3) is 0 Å². The van der Waals surface area contributed by atoms with Crippen molar-refractivity contribution < 1.29 is 13.7 Å². The van der Waals surface area contributed by atoms with Crippen LogP contribution in [0.2, 0.25) is 0 Å². The number of aryl methyl sites for hydroxylation is 1. The molecular weight excluding hydrogens is 296 g/mol. The number of carbonyl (C=O) groups is 1. The van der Waals surface area contributed by atoms with Gasteiger partial charge in [0.2, 0.25) is 17.7 Å². The Kier molecular flexibility index (Phi) is 4.18. The first-order valence-electron chi connectivity index (χ1n) is 7.21. The van der Waals surface area contributed by atoms with Crippen molar-refractivity contribution in [1.82, 2.24) is 20.4 Å². The molecule has 3 rings (SSSR count). The molecular formula is C16H16N4O3. The van der Waals surface area contributed by atoms with Gasteiger partial charge < -0.3 is 14.3 Å². The first-order chi connectivity index (χ1) is 11.1. The van der Waals surface area contributed by atoms with Crippen molar-refractivity contribution in [2.24, 2.45) is 0 Å². The normalized spacial score (nSPS) is 12.1. The van der Waals surface area contributed by atoms with Crippen LogP contribution < -0.4 is 5.32 Å². The molecule has 1 aromatic carbocycles. The van der Waals surface area contributed by atoms with Crippen LogP contribution in [-0.2, 0) is 11.2 Å². The van der Waals surface area contributed by atoms with Crippen LogP contribution >= 0.6 is 0 Å². The molecule has 0 radical (unpaired) electrons. The van der Waals surface area contributed by atoms with E-state index in [1.54, 1.807) is 13.8 Å². The summed E-state index contributed by atoms with van der Waals surface area (Å²) in [7, 11) is 0. The highest BCUT2D eigenvalue weighted by molar-refractivity contribution is 5.78. The molecule has 2 aromatic heterocycles. The Hall–Kier alpha value is -2.96. The molecule has 7 heteroatoms. The van der Waals surface area contributed by atoms with Crippen LogP contribution in [0.15, 0.2) is 45.5 Å². The standard InChI is InChI=1S/C16H16N4O3/c1-10(15-18-11(2)20-23-15)17-14(21)8-13-9-22-16(19-13)12-6-4-3-5-7-12/h3-7,9-10H,8H2,1-2H3,(H,17,21). The molecule has 3 aromatic rings. The topological polar surface area (TPSA) is 94.1 Å². The molecule has 0 fully saturated rings. The number of nitrogens with zero attached hydrogens (tertiary/aromatic N) is 3. The van der Waals surface area contributed by atoms with E-state index >= 15 is 0 Å². The third-order valence-corrected chi connectivity index (χ3v) is 3.21. The van der Waals surface area contributed by atoms with Crippen molar-refractivity contribution in [2.75, 3.05) is 0 Å². The third-order valence-electron chi connectivity index (χ3n) is 3.21. The highest BCUT2D eigenvalue weighted by Crippen LogP contribution is 2.18. The quantitative estimate of drug-likeness (QED) is 0.777. The average Bonchev–Trinajstić information content (AvgIpc) is 3.17. The van der Waals surface area contributed by atoms with Crippen LogP contribution in [0.25, 0.3) is 11.5 Å². The largest absolute Gasteiger partial charge is 0.444 e. The zero-order valence-electron chi connectivity index (χ0n) is 12.8. The number of hydrogen-bond acceptors (Lipinski definition) is 6. The van der Waals surface area contributed by atoms with E-state index in [4.69, 9.17) is 8.94 Å². The lowest BCUT2D eigenvalue weighted by molar-refractivity contribution is -0.121. The van der Waals surface area contributed by atoms with Crippen LogP contribution in [-0.4, -0.2) is 21.0 Å². The van der Waals surface area contributed by atoms with Gasteiger partial charge in [-0.05, 0) is 26.0 Å². The minimum absolute atomic E-state index is 0.119. The van der Waals surface area contributed by atoms with E-state index in [1.807, 2.05) is 30.3 Å². The fraction of sp³-hybridized carbons (Fsp3) is 0.250. The molecule has 118 valence electrons. The zero-order chi connectivity index (χ0) is 16.2. The van der Waals surface area contributed by atoms with Gasteiger partial charge in [-0.1, -0.05) is 23.4 Å². The molecule has 2 heterocycles. The number of oxazole rings is 1. The molecule has 0 aliphatic carbocycles. The number of nitrogens with one attached hydrogen (secondary N) is 1. The lowest BCUT2D eigenvalue weighted by Crippen LogP contribution is -2.28. The average molecular weight is 312 g/mol. The summed E-state index contributed by atoms with van der Waals surface area (Å²) in [6.07, 6.45) is 1.61. The summed E-state index contributed by atoms with van der Waals surface area (Å²) in [5.74, 6) is 1.21. The van der Waals surface area contributed by atoms with Crippen LogP contribution in [0, 0.1) is 6.92 Å². The SMILES string of the molecule is Cc1noc(C(C)NC(=O)Cc2coc(-c3ccccc3)n2)n1. The second kappa shape index (κ2) is 6.43. The molecule has 1 unspecified atom stereocenters. The molecule has 0 bridgehead atoms. The Balaban J connectivity index is 1.61. The molecule has 23 heavy (non-hydrogen) atoms. The van der Waals surface area contributed by atoms with E-state index in [0.29, 0.717) is 23.3 Å². The molecule has 1 N–H and O–H groups in total. The monoisotopic (exact) mass is 312 g/mol. The van der Waals surface area contributed by atoms with E-state index in [0.717, 1.165) is 5.56 Å². The molecule has 0 saturated carbocycles. The number of hydrogen-bond donors (Lipinski definition) is 1. The Bertz CT molecular complexity index is 795. The molecule has 1 atom stereocenters. The van der Waals surface area contributed by atoms with E-state index in [2.05, 4.69) is 20.4 Å². The van der Waals surface area contributed by atoms with E-state index in [1.165, 1.54) is 6.26 Å². The van der Waals surface area contributed by atoms with Crippen LogP contribution in [0.3, 0.4) is 0 Å². The highest BCUT2D eigenvalue weighted by Gasteiger charge is 2.17. The minimum Gasteiger partial charge on any atom is -0.444 e. The molecule has 0 saturated heterocycles. The van der Waals surface area contributed by atoms with Crippen LogP contribution in [0.4, 0.5) is 0 Å². The molecule has 0 aliphatic rings. The van der Waals surface area contributed by atoms with Gasteiger partial charge in [-0.3, -0.25) is 4.79 Å². The summed E-state index contributed by atoms with van der Waals surface area (Å²) in [5, 5.41) is 6.49. The predicted molar refractivity (Wildman–Crippen MR) is 81.2 cm³/mol. The van der Waals surface area contributed by atoms with E-state index in [-0.39, 0.29) is 18.4 Å². The second-order valence-corrected chi connectivity index (χ2v) is 5.16. The number of benzene rings is 1. The van der Waals surface area contributed by atoms with E-state index < -0.39 is 0 Å². The molecule has 0 spiro atoms. The van der Waals surface area contributed by atoms with Gasteiger partial charge in [0.05, 0.1) is 12.1 Å². The summed E-state index contributed by atoms with van der Waals surface area (Å²) in [6, 6.07) is 9.16. The van der Waals surface area contributed by atoms with E-state index in [9.17, 15) is 4.79 Å². The minimum atomic E-state index is -0.357. The maximum absolute atomic E-state index is 12.1. The Morgan fingerprint density at radius 2 is 2.04 bits per heavy atom. The number of carbonyl (C=O) groups excluding carboxylic acids is 1. The maximum Gasteiger partial charge on any atom is 0.248 e. The lowest BCUT2D eigenvalue weighted by atomic mass is 10.2. The van der Waals surface area contributed by atoms with Crippen LogP contribution in [0.1, 0.15) is 30.4 Å². The molecule has 7 nitrogen and oxygen atoms in total. The summed E-state index contributed by atoms with van der Waals surface area (Å²) in [6.45, 7) is 3.51. The maximum atomic E-state index is 12.1. The molecule has 1 amide bonds. The van der Waals surface area contributed by atoms with Gasteiger partial charge in [0.15, 0.2) is 5.82 Å². The Morgan fingerprint density at radius 3 is 2.74 bits per heavy atom. The number of rotatable bonds is 5. The predicted octanol–water partition coefficient (Wildman–Crippen LogP) is 2.45. The first kappa shape index (κ1) is 15.0. The fourth-order valence-electron chi connectivity index (χ4n) is 2.11. The number of aromatic nitrogens is 3. The summed E-state index contributed by atoms with van der Waals surface area (Å²) < 4.78 is 10.4. The van der Waals surface area contributed by atoms with Gasteiger partial charge in [-0.15, -0.1) is 0 Å². The van der Waals surface area contributed by atoms with Crippen molar-refractivity contribution in [1.29, 1.82) is 0 Å². The third kappa shape index (κ3) is 3.63. The second-order valence-electron chi connectivity index (χ2n) is 5.16. The van der Waals surface area contributed by atoms with Gasteiger partial charge in [-0.2, -0.15) is 4.98 Å². The first-order valence-corrected chi connectivity index (χ1v) is 7.21. The highest BCUT2D eigenvalue weighted by atomic mass is 16.5. The van der Waals surface area contributed by atoms with Crippen molar-refractivity contribution >= 4 is 5.91 Å². The summed E-state index contributed by atoms with van der Waals surface area (Å²) >= 11 is 0. The van der Waals surface area contributed by atoms with Crippen molar-refractivity contribution in [3.05, 3.63) is 54.0 Å². The van der Waals surface area contributed by atoms with Gasteiger partial charge in [-0.25, -0.2) is 4.98 Å². The Labute approximate surface area is 132 Å². The summed E-state index contributed by atoms with van der Waals surface area (Å²) in [4.78, 5) is 20.5. The van der Waals surface area contributed by atoms with Crippen molar-refractivity contribution in [3.63, 3.8) is 0 Å². The van der Waals surface area contributed by atoms with Gasteiger partial charge in [0.1, 0.15) is 12.3 Å². The van der Waals surface area contributed by atoms with Gasteiger partial charge in [0, 0.05) is 5.56 Å². The zero-order valence-corrected chi connectivity index (χ0v) is 12.8. The smallest absolute Gasteiger partial charge is 0.248 e.